The van der Waals surface area contributed by atoms with Crippen molar-refractivity contribution in [3.8, 4) is 0 Å². The number of unbranched alkanes of at least 4 members (excludes halogenated alkanes) is 1. The minimum atomic E-state index is -0.308. The third-order valence-electron chi connectivity index (χ3n) is 3.78. The number of ketones is 1. The third kappa shape index (κ3) is 2.24. The predicted molar refractivity (Wildman–Crippen MR) is 65.2 cm³/mol. The van der Waals surface area contributed by atoms with Crippen LogP contribution in [0.2, 0.25) is 0 Å². The predicted octanol–water partition coefficient (Wildman–Crippen LogP) is 4.48. The van der Waals surface area contributed by atoms with Gasteiger partial charge < -0.3 is 0 Å². The highest BCUT2D eigenvalue weighted by molar-refractivity contribution is 6.55. The van der Waals surface area contributed by atoms with Gasteiger partial charge in [-0.15, -0.1) is 0 Å². The molecule has 0 N–H and O–H groups in total. The van der Waals surface area contributed by atoms with Crippen LogP contribution in [0.3, 0.4) is 0 Å². The summed E-state index contributed by atoms with van der Waals surface area (Å²) in [6, 6.07) is 0. The second-order valence-corrected chi connectivity index (χ2v) is 5.93. The zero-order valence-corrected chi connectivity index (χ0v) is 11.1. The minimum Gasteiger partial charge on any atom is -0.299 e. The van der Waals surface area contributed by atoms with E-state index in [4.69, 9.17) is 23.2 Å². The van der Waals surface area contributed by atoms with E-state index in [0.717, 1.165) is 19.3 Å². The number of halogens is 2. The Hall–Kier alpha value is -0.0100. The number of rotatable bonds is 4. The molecule has 86 valence electrons. The van der Waals surface area contributed by atoms with Gasteiger partial charge in [-0.1, -0.05) is 56.8 Å². The van der Waals surface area contributed by atoms with Gasteiger partial charge in [0.15, 0.2) is 0 Å². The molecule has 0 saturated heterocycles. The lowest BCUT2D eigenvalue weighted by atomic mass is 9.48. The Kier molecular flexibility index (Phi) is 3.89. The molecule has 0 aromatic rings. The normalized spacial score (nSPS) is 28.5. The van der Waals surface area contributed by atoms with E-state index in [9.17, 15) is 4.79 Å². The van der Waals surface area contributed by atoms with Gasteiger partial charge >= 0.3 is 0 Å². The van der Waals surface area contributed by atoms with Crippen LogP contribution in [0.25, 0.3) is 0 Å². The largest absolute Gasteiger partial charge is 0.299 e. The van der Waals surface area contributed by atoms with Crippen LogP contribution in [0.15, 0.2) is 10.6 Å². The molecule has 0 aromatic carbocycles. The standard InChI is InChI=1S/C12H18Cl2O/c1-4-5-6-12(8-10(13)14)7-9(15)11(12,2)3/h8H,4-7H2,1-3H3. The first-order valence-corrected chi connectivity index (χ1v) is 6.18. The Morgan fingerprint density at radius 1 is 1.47 bits per heavy atom. The fourth-order valence-electron chi connectivity index (χ4n) is 2.31. The van der Waals surface area contributed by atoms with Crippen LogP contribution in [0.1, 0.15) is 46.5 Å². The van der Waals surface area contributed by atoms with E-state index < -0.39 is 0 Å². The highest BCUT2D eigenvalue weighted by Crippen LogP contribution is 2.58. The molecule has 15 heavy (non-hydrogen) atoms. The maximum atomic E-state index is 11.6. The van der Waals surface area contributed by atoms with Crippen molar-refractivity contribution in [3.63, 3.8) is 0 Å². The Bertz CT molecular complexity index is 290. The lowest BCUT2D eigenvalue weighted by molar-refractivity contribution is -0.151. The smallest absolute Gasteiger partial charge is 0.140 e. The summed E-state index contributed by atoms with van der Waals surface area (Å²) in [6.07, 6.45) is 5.68. The molecule has 0 heterocycles. The maximum absolute atomic E-state index is 11.6. The summed E-state index contributed by atoms with van der Waals surface area (Å²) < 4.78 is 0.284. The SMILES string of the molecule is CCCCC1(C=C(Cl)Cl)CC(=O)C1(C)C. The minimum absolute atomic E-state index is 0.112. The Morgan fingerprint density at radius 2 is 2.07 bits per heavy atom. The topological polar surface area (TPSA) is 17.1 Å². The van der Waals surface area contributed by atoms with Crippen molar-refractivity contribution in [2.75, 3.05) is 0 Å². The summed E-state index contributed by atoms with van der Waals surface area (Å²) in [4.78, 5) is 11.6. The van der Waals surface area contributed by atoms with Crippen molar-refractivity contribution in [3.05, 3.63) is 10.6 Å². The van der Waals surface area contributed by atoms with E-state index in [1.54, 1.807) is 0 Å². The van der Waals surface area contributed by atoms with Gasteiger partial charge in [0.1, 0.15) is 10.3 Å². The Balaban J connectivity index is 2.90. The van der Waals surface area contributed by atoms with Crippen LogP contribution in [-0.2, 0) is 4.79 Å². The van der Waals surface area contributed by atoms with Gasteiger partial charge in [0.05, 0.1) is 0 Å². The number of carbonyl (C=O) groups is 1. The van der Waals surface area contributed by atoms with Gasteiger partial charge in [-0.2, -0.15) is 0 Å². The fourth-order valence-corrected chi connectivity index (χ4v) is 2.72. The lowest BCUT2D eigenvalue weighted by Gasteiger charge is -2.53. The molecule has 0 aliphatic heterocycles. The number of allylic oxidation sites excluding steroid dienone is 1. The van der Waals surface area contributed by atoms with Crippen LogP contribution in [-0.4, -0.2) is 5.78 Å². The van der Waals surface area contributed by atoms with Crippen LogP contribution >= 0.6 is 23.2 Å². The van der Waals surface area contributed by atoms with Crippen molar-refractivity contribution in [2.45, 2.75) is 46.5 Å². The summed E-state index contributed by atoms with van der Waals surface area (Å²) in [5.41, 5.74) is -0.421. The Labute approximate surface area is 102 Å². The van der Waals surface area contributed by atoms with Crippen molar-refractivity contribution < 1.29 is 4.79 Å². The van der Waals surface area contributed by atoms with Crippen molar-refractivity contribution in [2.24, 2.45) is 10.8 Å². The van der Waals surface area contributed by atoms with Crippen LogP contribution < -0.4 is 0 Å². The van der Waals surface area contributed by atoms with Crippen molar-refractivity contribution in [1.82, 2.24) is 0 Å². The van der Waals surface area contributed by atoms with Crippen molar-refractivity contribution in [1.29, 1.82) is 0 Å². The molecule has 1 rings (SSSR count). The van der Waals surface area contributed by atoms with E-state index in [2.05, 4.69) is 6.92 Å². The van der Waals surface area contributed by atoms with Gasteiger partial charge in [0.25, 0.3) is 0 Å². The monoisotopic (exact) mass is 248 g/mol. The molecule has 3 heteroatoms. The first-order valence-electron chi connectivity index (χ1n) is 5.43. The second-order valence-electron chi connectivity index (χ2n) is 4.92. The zero-order chi connectivity index (χ0) is 11.7. The molecular weight excluding hydrogens is 231 g/mol. The van der Waals surface area contributed by atoms with Crippen LogP contribution in [0.5, 0.6) is 0 Å². The molecule has 0 radical (unpaired) electrons. The van der Waals surface area contributed by atoms with E-state index >= 15 is 0 Å². The van der Waals surface area contributed by atoms with Gasteiger partial charge in [0.2, 0.25) is 0 Å². The van der Waals surface area contributed by atoms with Gasteiger partial charge in [0, 0.05) is 17.3 Å². The van der Waals surface area contributed by atoms with Crippen molar-refractivity contribution >= 4 is 29.0 Å². The lowest BCUT2D eigenvalue weighted by Crippen LogP contribution is -2.54. The molecule has 1 aliphatic carbocycles. The molecule has 1 atom stereocenters. The first-order chi connectivity index (χ1) is 6.85. The quantitative estimate of drug-likeness (QED) is 0.717. The number of hydrogen-bond acceptors (Lipinski definition) is 1. The fraction of sp³-hybridized carbons (Fsp3) is 0.750. The molecule has 1 aliphatic rings. The maximum Gasteiger partial charge on any atom is 0.140 e. The van der Waals surface area contributed by atoms with Crippen LogP contribution in [0.4, 0.5) is 0 Å². The van der Waals surface area contributed by atoms with E-state index in [0.29, 0.717) is 12.2 Å². The summed E-state index contributed by atoms with van der Waals surface area (Å²) in [5.74, 6) is 0.310. The molecule has 0 spiro atoms. The van der Waals surface area contributed by atoms with E-state index in [1.165, 1.54) is 0 Å². The molecule has 0 amide bonds. The molecule has 1 nitrogen and oxygen atoms in total. The summed E-state index contributed by atoms with van der Waals surface area (Å²) in [6.45, 7) is 6.12. The molecule has 1 fully saturated rings. The number of hydrogen-bond donors (Lipinski definition) is 0. The molecule has 0 bridgehead atoms. The molecule has 1 unspecified atom stereocenters. The van der Waals surface area contributed by atoms with E-state index in [1.807, 2.05) is 19.9 Å². The van der Waals surface area contributed by atoms with Crippen LogP contribution in [0, 0.1) is 10.8 Å². The van der Waals surface area contributed by atoms with Gasteiger partial charge in [-0.3, -0.25) is 4.79 Å². The van der Waals surface area contributed by atoms with Gasteiger partial charge in [-0.25, -0.2) is 0 Å². The number of Topliss-reactive ketones (excluding diaryl/α,β-unsaturated/α-hetero) is 1. The Morgan fingerprint density at radius 3 is 2.40 bits per heavy atom. The average molecular weight is 249 g/mol. The summed E-state index contributed by atoms with van der Waals surface area (Å²) in [7, 11) is 0. The number of carbonyl (C=O) groups excluding carboxylic acids is 1. The third-order valence-corrected chi connectivity index (χ3v) is 4.00. The highest BCUT2D eigenvalue weighted by atomic mass is 35.5. The zero-order valence-electron chi connectivity index (χ0n) is 9.57. The molecular formula is C12H18Cl2O. The second kappa shape index (κ2) is 4.47. The van der Waals surface area contributed by atoms with E-state index in [-0.39, 0.29) is 15.3 Å². The highest BCUT2D eigenvalue weighted by Gasteiger charge is 2.57. The average Bonchev–Trinajstić information content (AvgIpc) is 2.13. The summed E-state index contributed by atoms with van der Waals surface area (Å²) in [5, 5.41) is 0. The van der Waals surface area contributed by atoms with Gasteiger partial charge in [-0.05, 0) is 12.5 Å². The molecule has 0 aromatic heterocycles. The summed E-state index contributed by atoms with van der Waals surface area (Å²) >= 11 is 11.5. The molecule has 1 saturated carbocycles. The first kappa shape index (κ1) is 13.1.